The zero-order valence-corrected chi connectivity index (χ0v) is 25.1. The molecule has 0 heterocycles. The minimum atomic E-state index is -2.76. The molecule has 0 radical (unpaired) electrons. The van der Waals surface area contributed by atoms with Gasteiger partial charge in [-0.25, -0.2) is 0 Å². The number of benzene rings is 2. The molecule has 6 atom stereocenters. The van der Waals surface area contributed by atoms with Crippen molar-refractivity contribution in [3.8, 4) is 5.75 Å². The van der Waals surface area contributed by atoms with Crippen LogP contribution in [0.4, 0.5) is 5.69 Å². The molecule has 2 aromatic carbocycles. The van der Waals surface area contributed by atoms with Crippen molar-refractivity contribution in [2.75, 3.05) is 33.1 Å². The highest BCUT2D eigenvalue weighted by Crippen LogP contribution is 2.52. The molecule has 2 fully saturated rings. The largest absolute Gasteiger partial charge is 0.507 e. The van der Waals surface area contributed by atoms with E-state index in [9.17, 15) is 34.2 Å². The molecule has 43 heavy (non-hydrogen) atoms. The van der Waals surface area contributed by atoms with Gasteiger partial charge in [0, 0.05) is 49.4 Å². The highest BCUT2D eigenvalue weighted by molar-refractivity contribution is 6.32. The fourth-order valence-corrected chi connectivity index (χ4v) is 7.31. The standard InChI is InChI=1S/C31H35ClN4O7/c1-35(2)20-11-16(13-34-12-14-5-7-17(32)8-6-14)25(37)22-18(20)9-15-10-19-24(36(3)4)27(39)23(30(33)42)29(41)31(19,43)28(40)21(15)26(22)38/h5-8,11,15,19,21,23-24,34,37,43H,9-10,12-13H2,1-4H3,(H2,33,42)/t15-,19-,21?,23?,24?,31-/m0/s1. The van der Waals surface area contributed by atoms with Crippen LogP contribution in [-0.4, -0.2) is 84.0 Å². The van der Waals surface area contributed by atoms with Crippen LogP contribution in [0.15, 0.2) is 30.3 Å². The molecule has 0 bridgehead atoms. The molecular formula is C31H35ClN4O7. The molecule has 0 saturated heterocycles. The van der Waals surface area contributed by atoms with Crippen LogP contribution < -0.4 is 16.0 Å². The van der Waals surface area contributed by atoms with E-state index in [0.29, 0.717) is 28.4 Å². The molecule has 3 unspecified atom stereocenters. The first-order valence-electron chi connectivity index (χ1n) is 14.0. The number of halogens is 1. The van der Waals surface area contributed by atoms with Gasteiger partial charge < -0.3 is 26.2 Å². The number of hydrogen-bond acceptors (Lipinski definition) is 10. The zero-order valence-electron chi connectivity index (χ0n) is 24.4. The second-order valence-corrected chi connectivity index (χ2v) is 12.6. The number of primary amides is 1. The number of aliphatic hydroxyl groups is 1. The minimum Gasteiger partial charge on any atom is -0.507 e. The van der Waals surface area contributed by atoms with Gasteiger partial charge in [-0.3, -0.25) is 28.9 Å². The van der Waals surface area contributed by atoms with E-state index in [0.717, 1.165) is 5.56 Å². The molecule has 3 aliphatic rings. The Morgan fingerprint density at radius 1 is 1.07 bits per heavy atom. The van der Waals surface area contributed by atoms with E-state index in [1.807, 2.05) is 31.1 Å². The summed E-state index contributed by atoms with van der Waals surface area (Å²) in [6, 6.07) is 7.93. The summed E-state index contributed by atoms with van der Waals surface area (Å²) in [5, 5.41) is 27.0. The second kappa shape index (κ2) is 11.1. The van der Waals surface area contributed by atoms with Gasteiger partial charge in [-0.2, -0.15) is 0 Å². The third-order valence-corrected chi connectivity index (χ3v) is 9.41. The average Bonchev–Trinajstić information content (AvgIpc) is 2.92. The maximum absolute atomic E-state index is 14.1. The van der Waals surface area contributed by atoms with Crippen LogP contribution in [0.25, 0.3) is 0 Å². The predicted molar refractivity (Wildman–Crippen MR) is 158 cm³/mol. The number of phenolic OH excluding ortho intramolecular Hbond substituents is 1. The summed E-state index contributed by atoms with van der Waals surface area (Å²) in [6.45, 7) is 0.667. The number of nitrogens with zero attached hydrogens (tertiary/aromatic N) is 2. The van der Waals surface area contributed by atoms with Crippen molar-refractivity contribution in [1.29, 1.82) is 0 Å². The quantitative estimate of drug-likeness (QED) is 0.330. The van der Waals surface area contributed by atoms with E-state index >= 15 is 0 Å². The van der Waals surface area contributed by atoms with Gasteiger partial charge in [0.15, 0.2) is 34.7 Å². The lowest BCUT2D eigenvalue weighted by molar-refractivity contribution is -0.181. The number of nitrogens with one attached hydrogen (secondary N) is 1. The predicted octanol–water partition coefficient (Wildman–Crippen LogP) is 0.876. The Labute approximate surface area is 254 Å². The number of likely N-dealkylation sites (N-methyl/N-ethyl adjacent to an activating group) is 1. The topological polar surface area (TPSA) is 170 Å². The zero-order chi connectivity index (χ0) is 31.5. The Balaban J connectivity index is 1.54. The first-order chi connectivity index (χ1) is 20.2. The second-order valence-electron chi connectivity index (χ2n) is 12.2. The van der Waals surface area contributed by atoms with Crippen LogP contribution in [-0.2, 0) is 38.7 Å². The fraction of sp³-hybridized carbons (Fsp3) is 0.452. The van der Waals surface area contributed by atoms with Crippen LogP contribution >= 0.6 is 11.6 Å². The first kappa shape index (κ1) is 30.8. The van der Waals surface area contributed by atoms with Gasteiger partial charge in [0.1, 0.15) is 5.75 Å². The minimum absolute atomic E-state index is 0.00191. The van der Waals surface area contributed by atoms with Crippen LogP contribution in [0.3, 0.4) is 0 Å². The Morgan fingerprint density at radius 2 is 1.72 bits per heavy atom. The van der Waals surface area contributed by atoms with Crippen LogP contribution in [0.1, 0.15) is 33.5 Å². The van der Waals surface area contributed by atoms with Gasteiger partial charge >= 0.3 is 0 Å². The van der Waals surface area contributed by atoms with E-state index in [2.05, 4.69) is 5.32 Å². The van der Waals surface area contributed by atoms with E-state index in [1.54, 1.807) is 32.3 Å². The number of Topliss-reactive ketones (excluding diaryl/α,β-unsaturated/α-hetero) is 4. The molecular weight excluding hydrogens is 576 g/mol. The Kier molecular flexibility index (Phi) is 7.97. The van der Waals surface area contributed by atoms with Gasteiger partial charge in [0.25, 0.3) is 0 Å². The molecule has 5 rings (SSSR count). The fourth-order valence-electron chi connectivity index (χ4n) is 7.18. The Hall–Kier alpha value is -3.64. The third kappa shape index (κ3) is 4.84. The van der Waals surface area contributed by atoms with E-state index < -0.39 is 64.4 Å². The van der Waals surface area contributed by atoms with Crippen LogP contribution in [0.2, 0.25) is 5.02 Å². The van der Waals surface area contributed by atoms with Crippen molar-refractivity contribution in [3.63, 3.8) is 0 Å². The van der Waals surface area contributed by atoms with E-state index in [-0.39, 0.29) is 30.7 Å². The van der Waals surface area contributed by atoms with Gasteiger partial charge in [-0.05, 0) is 62.2 Å². The van der Waals surface area contributed by atoms with Gasteiger partial charge in [0.05, 0.1) is 17.5 Å². The number of ketones is 4. The third-order valence-electron chi connectivity index (χ3n) is 9.16. The number of hydrogen-bond donors (Lipinski definition) is 4. The summed E-state index contributed by atoms with van der Waals surface area (Å²) in [5.74, 6) is -10.6. The summed E-state index contributed by atoms with van der Waals surface area (Å²) >= 11 is 5.97. The number of carbonyl (C=O) groups excluding carboxylic acids is 5. The average molecular weight is 611 g/mol. The normalized spacial score (nSPS) is 28.4. The first-order valence-corrected chi connectivity index (χ1v) is 14.4. The molecule has 2 aromatic rings. The summed E-state index contributed by atoms with van der Waals surface area (Å²) < 4.78 is 0. The summed E-state index contributed by atoms with van der Waals surface area (Å²) in [7, 11) is 6.73. The molecule has 0 aliphatic heterocycles. The number of amides is 1. The van der Waals surface area contributed by atoms with Gasteiger partial charge in [-0.1, -0.05) is 23.7 Å². The molecule has 1 amide bonds. The molecule has 0 spiro atoms. The van der Waals surface area contributed by atoms with Crippen molar-refractivity contribution >= 4 is 46.3 Å². The highest BCUT2D eigenvalue weighted by atomic mass is 35.5. The number of anilines is 1. The van der Waals surface area contributed by atoms with Crippen molar-refractivity contribution in [3.05, 3.63) is 57.6 Å². The molecule has 2 saturated carbocycles. The number of fused-ring (bicyclic) bond motifs is 3. The lowest BCUT2D eigenvalue weighted by atomic mass is 9.52. The molecule has 228 valence electrons. The monoisotopic (exact) mass is 610 g/mol. The van der Waals surface area contributed by atoms with Crippen molar-refractivity contribution in [1.82, 2.24) is 10.2 Å². The van der Waals surface area contributed by atoms with Crippen LogP contribution in [0.5, 0.6) is 5.75 Å². The number of phenols is 1. The molecule has 0 aromatic heterocycles. The Morgan fingerprint density at radius 3 is 2.30 bits per heavy atom. The molecule has 11 nitrogen and oxygen atoms in total. The number of nitrogens with two attached hydrogens (primary N) is 1. The lowest BCUT2D eigenvalue weighted by Gasteiger charge is -2.52. The highest BCUT2D eigenvalue weighted by Gasteiger charge is 2.69. The number of rotatable bonds is 7. The summed E-state index contributed by atoms with van der Waals surface area (Å²) in [5.41, 5.74) is 5.24. The van der Waals surface area contributed by atoms with Gasteiger partial charge in [0.2, 0.25) is 5.91 Å². The molecule has 12 heteroatoms. The number of aromatic hydroxyl groups is 1. The van der Waals surface area contributed by atoms with Gasteiger partial charge in [-0.15, -0.1) is 0 Å². The molecule has 3 aliphatic carbocycles. The summed E-state index contributed by atoms with van der Waals surface area (Å²) in [4.78, 5) is 70.4. The summed E-state index contributed by atoms with van der Waals surface area (Å²) in [6.07, 6.45) is 0.202. The van der Waals surface area contributed by atoms with Crippen molar-refractivity contribution < 1.29 is 34.2 Å². The molecule has 5 N–H and O–H groups in total. The lowest BCUT2D eigenvalue weighted by Crippen LogP contribution is -2.74. The maximum atomic E-state index is 14.1. The number of carbonyl (C=O) groups is 5. The SMILES string of the molecule is CN(C)c1cc(CNCc2ccc(Cl)cc2)c(O)c2c1C[C@H]1C[C@H]3C(N(C)C)C(=O)C(C(N)=O)C(=O)[C@@]3(O)C(=O)C1C2=O. The van der Waals surface area contributed by atoms with E-state index in [1.165, 1.54) is 4.90 Å². The Bertz CT molecular complexity index is 1540. The van der Waals surface area contributed by atoms with Crippen molar-refractivity contribution in [2.45, 2.75) is 37.6 Å². The van der Waals surface area contributed by atoms with Crippen LogP contribution in [0, 0.1) is 23.7 Å². The van der Waals surface area contributed by atoms with E-state index in [4.69, 9.17) is 17.3 Å². The van der Waals surface area contributed by atoms with Crippen molar-refractivity contribution in [2.24, 2.45) is 29.4 Å². The smallest absolute Gasteiger partial charge is 0.235 e. The maximum Gasteiger partial charge on any atom is 0.235 e.